The summed E-state index contributed by atoms with van der Waals surface area (Å²) in [7, 11) is 1.46. The van der Waals surface area contributed by atoms with Gasteiger partial charge in [-0.1, -0.05) is 15.9 Å². The first-order valence-corrected chi connectivity index (χ1v) is 5.69. The van der Waals surface area contributed by atoms with Crippen molar-refractivity contribution in [3.05, 3.63) is 33.5 Å². The van der Waals surface area contributed by atoms with Crippen LogP contribution in [0.3, 0.4) is 0 Å². The second kappa shape index (κ2) is 6.09. The van der Waals surface area contributed by atoms with E-state index in [0.717, 1.165) is 0 Å². The van der Waals surface area contributed by atoms with Crippen molar-refractivity contribution in [3.63, 3.8) is 0 Å². The minimum absolute atomic E-state index is 0.109. The van der Waals surface area contributed by atoms with Crippen LogP contribution in [0, 0.1) is 5.82 Å². The largest absolute Gasteiger partial charge is 0.481 e. The van der Waals surface area contributed by atoms with Crippen LogP contribution in [0.5, 0.6) is 0 Å². The number of methoxy groups -OCH3 is 1. The molecule has 4 nitrogen and oxygen atoms in total. The molecular formula is C11H13BrFNO3. The second-order valence-corrected chi connectivity index (χ2v) is 4.52. The summed E-state index contributed by atoms with van der Waals surface area (Å²) < 4.78 is 19.5. The van der Waals surface area contributed by atoms with E-state index in [1.165, 1.54) is 13.2 Å². The van der Waals surface area contributed by atoms with Crippen molar-refractivity contribution in [2.75, 3.05) is 7.11 Å². The van der Waals surface area contributed by atoms with Crippen LogP contribution < -0.4 is 5.73 Å². The van der Waals surface area contributed by atoms with Crippen molar-refractivity contribution in [2.45, 2.75) is 19.1 Å². The Kier molecular flexibility index (Phi) is 5.04. The zero-order valence-corrected chi connectivity index (χ0v) is 10.8. The molecule has 1 unspecified atom stereocenters. The van der Waals surface area contributed by atoms with Gasteiger partial charge in [-0.2, -0.15) is 0 Å². The van der Waals surface area contributed by atoms with E-state index < -0.39 is 17.8 Å². The zero-order valence-electron chi connectivity index (χ0n) is 9.24. The van der Waals surface area contributed by atoms with E-state index in [4.69, 9.17) is 15.6 Å². The summed E-state index contributed by atoms with van der Waals surface area (Å²) in [5, 5.41) is 8.64. The van der Waals surface area contributed by atoms with E-state index >= 15 is 0 Å². The second-order valence-electron chi connectivity index (χ2n) is 3.61. The molecule has 0 fully saturated rings. The fraction of sp³-hybridized carbons (Fsp3) is 0.364. The van der Waals surface area contributed by atoms with Crippen molar-refractivity contribution < 1.29 is 19.0 Å². The third-order valence-electron chi connectivity index (χ3n) is 2.23. The molecule has 17 heavy (non-hydrogen) atoms. The van der Waals surface area contributed by atoms with Gasteiger partial charge in [-0.05, 0) is 12.1 Å². The number of ether oxygens (including phenoxy) is 1. The predicted molar refractivity (Wildman–Crippen MR) is 64.0 cm³/mol. The quantitative estimate of drug-likeness (QED) is 0.875. The Labute approximate surface area is 107 Å². The molecular weight excluding hydrogens is 293 g/mol. The molecule has 0 aliphatic carbocycles. The van der Waals surface area contributed by atoms with Gasteiger partial charge in [0.1, 0.15) is 5.82 Å². The molecule has 0 radical (unpaired) electrons. The predicted octanol–water partition coefficient (Wildman–Crippen LogP) is 2.21. The maximum atomic E-state index is 14.0. The minimum Gasteiger partial charge on any atom is -0.481 e. The molecule has 3 N–H and O–H groups in total. The number of carboxylic acids is 1. The highest BCUT2D eigenvalue weighted by Gasteiger charge is 2.18. The lowest BCUT2D eigenvalue weighted by Crippen LogP contribution is -2.17. The molecule has 1 aromatic carbocycles. The monoisotopic (exact) mass is 305 g/mol. The van der Waals surface area contributed by atoms with Crippen molar-refractivity contribution in [2.24, 2.45) is 5.73 Å². The Morgan fingerprint density at radius 2 is 2.29 bits per heavy atom. The zero-order chi connectivity index (χ0) is 13.0. The van der Waals surface area contributed by atoms with Gasteiger partial charge in [-0.25, -0.2) is 4.39 Å². The molecule has 1 atom stereocenters. The highest BCUT2D eigenvalue weighted by molar-refractivity contribution is 9.10. The normalized spacial score (nSPS) is 12.5. The number of rotatable bonds is 5. The van der Waals surface area contributed by atoms with E-state index in [-0.39, 0.29) is 18.6 Å². The molecule has 0 bridgehead atoms. The molecule has 94 valence electrons. The van der Waals surface area contributed by atoms with Crippen LogP contribution in [-0.2, 0) is 16.1 Å². The molecule has 0 saturated heterocycles. The summed E-state index contributed by atoms with van der Waals surface area (Å²) in [6.45, 7) is 0.109. The smallest absolute Gasteiger partial charge is 0.305 e. The first-order valence-electron chi connectivity index (χ1n) is 4.89. The van der Waals surface area contributed by atoms with Crippen molar-refractivity contribution >= 4 is 21.9 Å². The lowest BCUT2D eigenvalue weighted by molar-refractivity contribution is -0.137. The van der Waals surface area contributed by atoms with Crippen LogP contribution in [0.15, 0.2) is 16.6 Å². The van der Waals surface area contributed by atoms with Gasteiger partial charge in [0.15, 0.2) is 0 Å². The van der Waals surface area contributed by atoms with Crippen molar-refractivity contribution in [3.8, 4) is 0 Å². The van der Waals surface area contributed by atoms with Gasteiger partial charge in [-0.15, -0.1) is 0 Å². The maximum Gasteiger partial charge on any atom is 0.305 e. The standard InChI is InChI=1S/C11H13BrFNO3/c1-17-5-6-2-7(12)3-8(11(6)13)9(14)4-10(15)16/h2-3,9H,4-5,14H2,1H3,(H,15,16). The molecule has 1 aromatic rings. The lowest BCUT2D eigenvalue weighted by atomic mass is 10.0. The molecule has 6 heteroatoms. The number of benzene rings is 1. The molecule has 0 aliphatic rings. The highest BCUT2D eigenvalue weighted by atomic mass is 79.9. The summed E-state index contributed by atoms with van der Waals surface area (Å²) in [6, 6.07) is 2.19. The van der Waals surface area contributed by atoms with Gasteiger partial charge in [0.2, 0.25) is 0 Å². The first-order chi connectivity index (χ1) is 7.95. The van der Waals surface area contributed by atoms with E-state index in [2.05, 4.69) is 15.9 Å². The third kappa shape index (κ3) is 3.76. The highest BCUT2D eigenvalue weighted by Crippen LogP contribution is 2.26. The fourth-order valence-electron chi connectivity index (χ4n) is 1.50. The van der Waals surface area contributed by atoms with Gasteiger partial charge in [0, 0.05) is 28.8 Å². The van der Waals surface area contributed by atoms with E-state index in [0.29, 0.717) is 10.0 Å². The minimum atomic E-state index is -1.06. The van der Waals surface area contributed by atoms with Gasteiger partial charge < -0.3 is 15.6 Å². The summed E-state index contributed by atoms with van der Waals surface area (Å²) >= 11 is 3.23. The van der Waals surface area contributed by atoms with Crippen LogP contribution in [0.1, 0.15) is 23.6 Å². The molecule has 0 aromatic heterocycles. The lowest BCUT2D eigenvalue weighted by Gasteiger charge is -2.14. The Bertz CT molecular complexity index is 425. The molecule has 0 amide bonds. The number of carbonyl (C=O) groups is 1. The van der Waals surface area contributed by atoms with Crippen molar-refractivity contribution in [1.82, 2.24) is 0 Å². The maximum absolute atomic E-state index is 14.0. The molecule has 0 saturated carbocycles. The van der Waals surface area contributed by atoms with Gasteiger partial charge in [-0.3, -0.25) is 4.79 Å². The van der Waals surface area contributed by atoms with Crippen LogP contribution in [0.25, 0.3) is 0 Å². The van der Waals surface area contributed by atoms with Crippen molar-refractivity contribution in [1.29, 1.82) is 0 Å². The molecule has 0 aliphatic heterocycles. The van der Waals surface area contributed by atoms with Crippen LogP contribution >= 0.6 is 15.9 Å². The number of hydrogen-bond donors (Lipinski definition) is 2. The van der Waals surface area contributed by atoms with Gasteiger partial charge in [0.25, 0.3) is 0 Å². The van der Waals surface area contributed by atoms with Gasteiger partial charge in [0.05, 0.1) is 13.0 Å². The topological polar surface area (TPSA) is 72.5 Å². The van der Waals surface area contributed by atoms with Gasteiger partial charge >= 0.3 is 5.97 Å². The Morgan fingerprint density at radius 1 is 1.65 bits per heavy atom. The number of carboxylic acid groups (broad SMARTS) is 1. The van der Waals surface area contributed by atoms with E-state index in [1.807, 2.05) is 0 Å². The number of nitrogens with two attached hydrogens (primary N) is 1. The summed E-state index contributed by atoms with van der Waals surface area (Å²) in [5.74, 6) is -1.58. The SMILES string of the molecule is COCc1cc(Br)cc(C(N)CC(=O)O)c1F. The average molecular weight is 306 g/mol. The Balaban J connectivity index is 3.09. The molecule has 1 rings (SSSR count). The summed E-state index contributed by atoms with van der Waals surface area (Å²) in [6.07, 6.45) is -0.320. The number of aliphatic carboxylic acids is 1. The van der Waals surface area contributed by atoms with E-state index in [1.54, 1.807) is 6.07 Å². The third-order valence-corrected chi connectivity index (χ3v) is 2.69. The summed E-state index contributed by atoms with van der Waals surface area (Å²) in [4.78, 5) is 10.6. The fourth-order valence-corrected chi connectivity index (χ4v) is 2.02. The van der Waals surface area contributed by atoms with E-state index in [9.17, 15) is 9.18 Å². The molecule has 0 spiro atoms. The van der Waals surface area contributed by atoms with Crippen LogP contribution in [0.2, 0.25) is 0 Å². The molecule has 0 heterocycles. The Morgan fingerprint density at radius 3 is 2.82 bits per heavy atom. The number of halogens is 2. The average Bonchev–Trinajstić information content (AvgIpc) is 2.22. The van der Waals surface area contributed by atoms with Crippen LogP contribution in [-0.4, -0.2) is 18.2 Å². The Hall–Kier alpha value is -0.980. The summed E-state index contributed by atoms with van der Waals surface area (Å²) in [5.41, 5.74) is 6.17. The number of hydrogen-bond acceptors (Lipinski definition) is 3. The first kappa shape index (κ1) is 14.1. The van der Waals surface area contributed by atoms with Crippen LogP contribution in [0.4, 0.5) is 4.39 Å².